The van der Waals surface area contributed by atoms with Crippen LogP contribution in [0.1, 0.15) is 85.0 Å². The van der Waals surface area contributed by atoms with Gasteiger partial charge in [-0.15, -0.1) is 0 Å². The SMILES string of the molecule is CCCCCCCCOCCCC(CC)(CO)NCCC. The lowest BCUT2D eigenvalue weighted by atomic mass is 9.91. The number of aliphatic hydroxyl groups excluding tert-OH is 1. The molecule has 0 aliphatic rings. The van der Waals surface area contributed by atoms with Crippen molar-refractivity contribution in [2.45, 2.75) is 90.5 Å². The molecule has 0 amide bonds. The third-order valence-electron chi connectivity index (χ3n) is 4.32. The Kier molecular flexibility index (Phi) is 14.7. The van der Waals surface area contributed by atoms with Gasteiger partial charge in [-0.05, 0) is 38.6 Å². The van der Waals surface area contributed by atoms with Gasteiger partial charge in [0, 0.05) is 18.8 Å². The lowest BCUT2D eigenvalue weighted by Crippen LogP contribution is -2.48. The van der Waals surface area contributed by atoms with E-state index in [-0.39, 0.29) is 12.1 Å². The molecular formula is C18H39NO2. The van der Waals surface area contributed by atoms with Crippen LogP contribution in [0.15, 0.2) is 0 Å². The Balaban J connectivity index is 3.53. The molecule has 0 saturated heterocycles. The largest absolute Gasteiger partial charge is 0.394 e. The van der Waals surface area contributed by atoms with Crippen molar-refractivity contribution in [2.75, 3.05) is 26.4 Å². The summed E-state index contributed by atoms with van der Waals surface area (Å²) in [7, 11) is 0. The molecule has 3 nitrogen and oxygen atoms in total. The molecule has 1 unspecified atom stereocenters. The second-order valence-electron chi connectivity index (χ2n) is 6.20. The molecule has 1 atom stereocenters. The molecule has 3 heteroatoms. The average molecular weight is 302 g/mol. The number of ether oxygens (including phenoxy) is 1. The van der Waals surface area contributed by atoms with Crippen molar-refractivity contribution in [2.24, 2.45) is 0 Å². The molecule has 0 fully saturated rings. The molecule has 0 spiro atoms. The van der Waals surface area contributed by atoms with Crippen molar-refractivity contribution in [1.29, 1.82) is 0 Å². The number of nitrogens with one attached hydrogen (secondary N) is 1. The maximum absolute atomic E-state index is 9.64. The predicted molar refractivity (Wildman–Crippen MR) is 91.8 cm³/mol. The van der Waals surface area contributed by atoms with Crippen molar-refractivity contribution < 1.29 is 9.84 Å². The van der Waals surface area contributed by atoms with Crippen LogP contribution in [0, 0.1) is 0 Å². The molecule has 0 rings (SSSR count). The Bertz CT molecular complexity index is 205. The van der Waals surface area contributed by atoms with Crippen LogP contribution in [0.4, 0.5) is 0 Å². The lowest BCUT2D eigenvalue weighted by Gasteiger charge is -2.32. The number of rotatable bonds is 16. The summed E-state index contributed by atoms with van der Waals surface area (Å²) in [6.45, 7) is 9.48. The molecule has 0 aromatic rings. The quantitative estimate of drug-likeness (QED) is 0.418. The maximum Gasteiger partial charge on any atom is 0.0613 e. The van der Waals surface area contributed by atoms with Crippen molar-refractivity contribution in [3.8, 4) is 0 Å². The summed E-state index contributed by atoms with van der Waals surface area (Å²) >= 11 is 0. The monoisotopic (exact) mass is 301 g/mol. The molecule has 0 aromatic carbocycles. The van der Waals surface area contributed by atoms with E-state index < -0.39 is 0 Å². The van der Waals surface area contributed by atoms with Gasteiger partial charge in [0.1, 0.15) is 0 Å². The smallest absolute Gasteiger partial charge is 0.0613 e. The van der Waals surface area contributed by atoms with Crippen LogP contribution in [0.25, 0.3) is 0 Å². The average Bonchev–Trinajstić information content (AvgIpc) is 2.52. The minimum Gasteiger partial charge on any atom is -0.394 e. The van der Waals surface area contributed by atoms with E-state index in [1.54, 1.807) is 0 Å². The summed E-state index contributed by atoms with van der Waals surface area (Å²) in [5.41, 5.74) is -0.0977. The van der Waals surface area contributed by atoms with Gasteiger partial charge in [0.2, 0.25) is 0 Å². The summed E-state index contributed by atoms with van der Waals surface area (Å²) < 4.78 is 5.72. The summed E-state index contributed by atoms with van der Waals surface area (Å²) in [6, 6.07) is 0. The van der Waals surface area contributed by atoms with Crippen LogP contribution in [0.5, 0.6) is 0 Å². The van der Waals surface area contributed by atoms with E-state index in [2.05, 4.69) is 26.1 Å². The first-order valence-corrected chi connectivity index (χ1v) is 9.18. The van der Waals surface area contributed by atoms with Crippen LogP contribution in [0.2, 0.25) is 0 Å². The van der Waals surface area contributed by atoms with E-state index in [0.717, 1.165) is 45.4 Å². The minimum atomic E-state index is -0.0977. The molecule has 0 radical (unpaired) electrons. The van der Waals surface area contributed by atoms with Crippen LogP contribution in [0.3, 0.4) is 0 Å². The third kappa shape index (κ3) is 11.1. The summed E-state index contributed by atoms with van der Waals surface area (Å²) in [6.07, 6.45) is 12.0. The van der Waals surface area contributed by atoms with Crippen molar-refractivity contribution in [3.63, 3.8) is 0 Å². The first-order chi connectivity index (χ1) is 10.2. The molecule has 21 heavy (non-hydrogen) atoms. The van der Waals surface area contributed by atoms with Crippen LogP contribution >= 0.6 is 0 Å². The Morgan fingerprint density at radius 2 is 1.52 bits per heavy atom. The Morgan fingerprint density at radius 1 is 0.857 bits per heavy atom. The van der Waals surface area contributed by atoms with E-state index in [4.69, 9.17) is 4.74 Å². The Labute approximate surface area is 132 Å². The fraction of sp³-hybridized carbons (Fsp3) is 1.00. The Morgan fingerprint density at radius 3 is 2.14 bits per heavy atom. The molecule has 2 N–H and O–H groups in total. The number of hydrogen-bond donors (Lipinski definition) is 2. The maximum atomic E-state index is 9.64. The molecule has 0 saturated carbocycles. The highest BCUT2D eigenvalue weighted by molar-refractivity contribution is 4.85. The van der Waals surface area contributed by atoms with Gasteiger partial charge in [-0.3, -0.25) is 0 Å². The van der Waals surface area contributed by atoms with Gasteiger partial charge in [-0.25, -0.2) is 0 Å². The van der Waals surface area contributed by atoms with E-state index >= 15 is 0 Å². The van der Waals surface area contributed by atoms with E-state index in [1.807, 2.05) is 0 Å². The van der Waals surface area contributed by atoms with Gasteiger partial charge >= 0.3 is 0 Å². The van der Waals surface area contributed by atoms with E-state index in [0.29, 0.717) is 0 Å². The zero-order valence-electron chi connectivity index (χ0n) is 14.8. The van der Waals surface area contributed by atoms with E-state index in [1.165, 1.54) is 38.5 Å². The molecule has 0 bridgehead atoms. The fourth-order valence-corrected chi connectivity index (χ4v) is 2.63. The molecular weight excluding hydrogens is 262 g/mol. The normalized spacial score (nSPS) is 14.3. The zero-order valence-corrected chi connectivity index (χ0v) is 14.8. The van der Waals surface area contributed by atoms with Gasteiger partial charge in [0.15, 0.2) is 0 Å². The summed E-state index contributed by atoms with van der Waals surface area (Å²) in [5.74, 6) is 0. The van der Waals surface area contributed by atoms with Crippen LogP contribution in [-0.2, 0) is 4.74 Å². The molecule has 0 aliphatic carbocycles. The minimum absolute atomic E-state index is 0.0977. The lowest BCUT2D eigenvalue weighted by molar-refractivity contribution is 0.100. The highest BCUT2D eigenvalue weighted by atomic mass is 16.5. The standard InChI is InChI=1S/C18H39NO2/c1-4-7-8-9-10-11-15-21-16-12-13-18(6-3,17-20)19-14-5-2/h19-20H,4-17H2,1-3H3. The molecule has 0 heterocycles. The van der Waals surface area contributed by atoms with Crippen molar-refractivity contribution in [3.05, 3.63) is 0 Å². The fourth-order valence-electron chi connectivity index (χ4n) is 2.63. The first-order valence-electron chi connectivity index (χ1n) is 9.18. The number of unbranched alkanes of at least 4 members (excludes halogenated alkanes) is 5. The number of hydrogen-bond acceptors (Lipinski definition) is 3. The Hall–Kier alpha value is -0.120. The van der Waals surface area contributed by atoms with E-state index in [9.17, 15) is 5.11 Å². The first kappa shape index (κ1) is 20.9. The highest BCUT2D eigenvalue weighted by Gasteiger charge is 2.25. The van der Waals surface area contributed by atoms with Crippen LogP contribution < -0.4 is 5.32 Å². The molecule has 0 aliphatic heterocycles. The second kappa shape index (κ2) is 14.8. The van der Waals surface area contributed by atoms with Crippen molar-refractivity contribution >= 4 is 0 Å². The number of aliphatic hydroxyl groups is 1. The third-order valence-corrected chi connectivity index (χ3v) is 4.32. The zero-order chi connectivity index (χ0) is 15.8. The van der Waals surface area contributed by atoms with Crippen LogP contribution in [-0.4, -0.2) is 37.0 Å². The van der Waals surface area contributed by atoms with Gasteiger partial charge in [0.05, 0.1) is 6.61 Å². The van der Waals surface area contributed by atoms with Crippen molar-refractivity contribution in [1.82, 2.24) is 5.32 Å². The predicted octanol–water partition coefficient (Wildman–Crippen LogP) is 4.28. The van der Waals surface area contributed by atoms with Gasteiger partial charge in [-0.1, -0.05) is 52.9 Å². The molecule has 0 aromatic heterocycles. The summed E-state index contributed by atoms with van der Waals surface area (Å²) in [5, 5.41) is 13.2. The van der Waals surface area contributed by atoms with Gasteiger partial charge in [0.25, 0.3) is 0 Å². The topological polar surface area (TPSA) is 41.5 Å². The van der Waals surface area contributed by atoms with Gasteiger partial charge < -0.3 is 15.2 Å². The second-order valence-corrected chi connectivity index (χ2v) is 6.20. The van der Waals surface area contributed by atoms with Gasteiger partial charge in [-0.2, -0.15) is 0 Å². The highest BCUT2D eigenvalue weighted by Crippen LogP contribution is 2.17. The molecule has 128 valence electrons. The summed E-state index contributed by atoms with van der Waals surface area (Å²) in [4.78, 5) is 0.